The molecule has 0 unspecified atom stereocenters. The summed E-state index contributed by atoms with van der Waals surface area (Å²) in [5, 5.41) is 9.61. The number of benzene rings is 1. The number of aromatic amines is 1. The first kappa shape index (κ1) is 14.1. The van der Waals surface area contributed by atoms with Gasteiger partial charge in [-0.1, -0.05) is 24.3 Å². The van der Waals surface area contributed by atoms with Crippen LogP contribution in [-0.4, -0.2) is 20.6 Å². The number of carboxylic acids is 1. The van der Waals surface area contributed by atoms with E-state index < -0.39 is 5.97 Å². The highest BCUT2D eigenvalue weighted by Gasteiger charge is 2.10. The number of aliphatic carboxylic acids is 1. The topological polar surface area (TPSA) is 75.1 Å². The maximum Gasteiger partial charge on any atom is 0.303 e. The zero-order chi connectivity index (χ0) is 15.7. The van der Waals surface area contributed by atoms with Crippen LogP contribution in [0.15, 0.2) is 47.5 Å². The van der Waals surface area contributed by atoms with Gasteiger partial charge in [0.05, 0.1) is 0 Å². The van der Waals surface area contributed by atoms with Gasteiger partial charge in [-0.3, -0.25) is 9.59 Å². The van der Waals surface area contributed by atoms with Crippen molar-refractivity contribution in [2.24, 2.45) is 7.05 Å². The van der Waals surface area contributed by atoms with Gasteiger partial charge in [-0.25, -0.2) is 0 Å². The van der Waals surface area contributed by atoms with Crippen LogP contribution in [0.1, 0.15) is 12.0 Å². The van der Waals surface area contributed by atoms with E-state index in [1.807, 2.05) is 36.5 Å². The molecule has 0 atom stereocenters. The normalized spacial score (nSPS) is 11.0. The summed E-state index contributed by atoms with van der Waals surface area (Å²) in [5.41, 5.74) is 3.50. The summed E-state index contributed by atoms with van der Waals surface area (Å²) in [5.74, 6) is -0.795. The highest BCUT2D eigenvalue weighted by Crippen LogP contribution is 2.26. The Morgan fingerprint density at radius 1 is 1.23 bits per heavy atom. The van der Waals surface area contributed by atoms with E-state index in [2.05, 4.69) is 4.98 Å². The molecule has 0 saturated heterocycles. The van der Waals surface area contributed by atoms with Crippen molar-refractivity contribution >= 4 is 16.9 Å². The second-order valence-corrected chi connectivity index (χ2v) is 5.32. The maximum atomic E-state index is 12.1. The van der Waals surface area contributed by atoms with Crippen molar-refractivity contribution in [1.29, 1.82) is 0 Å². The lowest BCUT2D eigenvalue weighted by Crippen LogP contribution is -2.16. The SMILES string of the molecule is Cn1cc(-c2ccc(CCC(=O)O)cc2)c2cc[nH]c2c1=O. The second-order valence-electron chi connectivity index (χ2n) is 5.32. The molecule has 2 heterocycles. The van der Waals surface area contributed by atoms with E-state index in [4.69, 9.17) is 5.11 Å². The number of hydrogen-bond acceptors (Lipinski definition) is 2. The van der Waals surface area contributed by atoms with Gasteiger partial charge in [-0.15, -0.1) is 0 Å². The molecule has 3 aromatic rings. The minimum Gasteiger partial charge on any atom is -0.481 e. The number of carbonyl (C=O) groups is 1. The van der Waals surface area contributed by atoms with E-state index in [9.17, 15) is 9.59 Å². The average Bonchev–Trinajstić information content (AvgIpc) is 2.99. The van der Waals surface area contributed by atoms with Crippen LogP contribution in [-0.2, 0) is 18.3 Å². The first-order chi connectivity index (χ1) is 10.6. The minimum absolute atomic E-state index is 0.0539. The first-order valence-corrected chi connectivity index (χ1v) is 7.04. The van der Waals surface area contributed by atoms with Gasteiger partial charge in [0.15, 0.2) is 0 Å². The van der Waals surface area contributed by atoms with Crippen molar-refractivity contribution in [3.63, 3.8) is 0 Å². The van der Waals surface area contributed by atoms with Crippen LogP contribution in [0.2, 0.25) is 0 Å². The maximum absolute atomic E-state index is 12.1. The molecule has 112 valence electrons. The van der Waals surface area contributed by atoms with E-state index in [1.165, 1.54) is 0 Å². The fourth-order valence-corrected chi connectivity index (χ4v) is 2.60. The molecule has 0 aliphatic carbocycles. The van der Waals surface area contributed by atoms with Crippen LogP contribution in [0.5, 0.6) is 0 Å². The average molecular weight is 296 g/mol. The number of pyridine rings is 1. The van der Waals surface area contributed by atoms with Gasteiger partial charge < -0.3 is 14.7 Å². The molecule has 2 N–H and O–H groups in total. The third kappa shape index (κ3) is 2.53. The first-order valence-electron chi connectivity index (χ1n) is 7.04. The van der Waals surface area contributed by atoms with Crippen molar-refractivity contribution in [3.05, 3.63) is 58.6 Å². The number of hydrogen-bond donors (Lipinski definition) is 2. The van der Waals surface area contributed by atoms with Gasteiger partial charge in [0.1, 0.15) is 5.52 Å². The van der Waals surface area contributed by atoms with Crippen LogP contribution in [0, 0.1) is 0 Å². The third-order valence-corrected chi connectivity index (χ3v) is 3.79. The van der Waals surface area contributed by atoms with Gasteiger partial charge in [-0.2, -0.15) is 0 Å². The summed E-state index contributed by atoms with van der Waals surface area (Å²) in [6, 6.07) is 9.68. The van der Waals surface area contributed by atoms with Crippen LogP contribution in [0.3, 0.4) is 0 Å². The lowest BCUT2D eigenvalue weighted by atomic mass is 10.0. The predicted octanol–water partition coefficient (Wildman–Crippen LogP) is 2.55. The zero-order valence-electron chi connectivity index (χ0n) is 12.2. The third-order valence-electron chi connectivity index (χ3n) is 3.79. The molecule has 0 spiro atoms. The zero-order valence-corrected chi connectivity index (χ0v) is 12.2. The van der Waals surface area contributed by atoms with Crippen LogP contribution >= 0.6 is 0 Å². The van der Waals surface area contributed by atoms with E-state index in [0.29, 0.717) is 11.9 Å². The van der Waals surface area contributed by atoms with Crippen LogP contribution < -0.4 is 5.56 Å². The minimum atomic E-state index is -0.795. The highest BCUT2D eigenvalue weighted by atomic mass is 16.4. The number of nitrogens with zero attached hydrogens (tertiary/aromatic N) is 1. The quantitative estimate of drug-likeness (QED) is 0.777. The molecule has 2 aromatic heterocycles. The van der Waals surface area contributed by atoms with E-state index in [1.54, 1.807) is 17.8 Å². The van der Waals surface area contributed by atoms with Gasteiger partial charge in [0.2, 0.25) is 0 Å². The molecule has 0 saturated carbocycles. The fraction of sp³-hybridized carbons (Fsp3) is 0.176. The number of fused-ring (bicyclic) bond motifs is 1. The Bertz CT molecular complexity index is 888. The Morgan fingerprint density at radius 3 is 2.64 bits per heavy atom. The van der Waals surface area contributed by atoms with Crippen molar-refractivity contribution in [1.82, 2.24) is 9.55 Å². The molecule has 0 bridgehead atoms. The molecule has 0 aliphatic heterocycles. The molecule has 0 amide bonds. The van der Waals surface area contributed by atoms with Crippen molar-refractivity contribution < 1.29 is 9.90 Å². The lowest BCUT2D eigenvalue weighted by Gasteiger charge is -2.08. The molecule has 3 rings (SSSR count). The Morgan fingerprint density at radius 2 is 1.95 bits per heavy atom. The van der Waals surface area contributed by atoms with Crippen molar-refractivity contribution in [3.8, 4) is 11.1 Å². The van der Waals surface area contributed by atoms with Crippen molar-refractivity contribution in [2.75, 3.05) is 0 Å². The summed E-state index contributed by atoms with van der Waals surface area (Å²) in [6.07, 6.45) is 4.23. The molecule has 5 heteroatoms. The van der Waals surface area contributed by atoms with Crippen LogP contribution in [0.25, 0.3) is 22.0 Å². The predicted molar refractivity (Wildman–Crippen MR) is 84.9 cm³/mol. The summed E-state index contributed by atoms with van der Waals surface area (Å²) in [6.45, 7) is 0. The lowest BCUT2D eigenvalue weighted by molar-refractivity contribution is -0.136. The number of carboxylic acid groups (broad SMARTS) is 1. The highest BCUT2D eigenvalue weighted by molar-refractivity contribution is 5.94. The Balaban J connectivity index is 2.01. The molecule has 5 nitrogen and oxygen atoms in total. The van der Waals surface area contributed by atoms with Gasteiger partial charge in [-0.05, 0) is 23.6 Å². The van der Waals surface area contributed by atoms with Gasteiger partial charge >= 0.3 is 5.97 Å². The molecular formula is C17H16N2O3. The molecule has 0 radical (unpaired) electrons. The summed E-state index contributed by atoms with van der Waals surface area (Å²) in [4.78, 5) is 25.6. The number of H-pyrrole nitrogens is 1. The second kappa shape index (κ2) is 5.52. The van der Waals surface area contributed by atoms with E-state index >= 15 is 0 Å². The number of rotatable bonds is 4. The smallest absolute Gasteiger partial charge is 0.303 e. The standard InChI is InChI=1S/C17H16N2O3/c1-19-10-14(13-8-9-18-16(13)17(19)22)12-5-2-11(3-6-12)4-7-15(20)21/h2-3,5-6,8-10,18H,4,7H2,1H3,(H,20,21). The molecule has 0 aliphatic rings. The largest absolute Gasteiger partial charge is 0.481 e. The van der Waals surface area contributed by atoms with E-state index in [-0.39, 0.29) is 12.0 Å². The molecule has 1 aromatic carbocycles. The summed E-state index contributed by atoms with van der Waals surface area (Å²) < 4.78 is 1.56. The Hall–Kier alpha value is -2.82. The Labute approximate surface area is 126 Å². The number of aromatic nitrogens is 2. The van der Waals surface area contributed by atoms with Gasteiger partial charge in [0, 0.05) is 36.8 Å². The monoisotopic (exact) mass is 296 g/mol. The molecular weight excluding hydrogens is 280 g/mol. The van der Waals surface area contributed by atoms with Crippen molar-refractivity contribution in [2.45, 2.75) is 12.8 Å². The summed E-state index contributed by atoms with van der Waals surface area (Å²) >= 11 is 0. The number of aryl methyl sites for hydroxylation is 2. The summed E-state index contributed by atoms with van der Waals surface area (Å²) in [7, 11) is 1.73. The fourth-order valence-electron chi connectivity index (χ4n) is 2.60. The van der Waals surface area contributed by atoms with E-state index in [0.717, 1.165) is 22.1 Å². The Kier molecular flexibility index (Phi) is 3.55. The number of nitrogens with one attached hydrogen (secondary N) is 1. The van der Waals surface area contributed by atoms with Crippen LogP contribution in [0.4, 0.5) is 0 Å². The molecule has 22 heavy (non-hydrogen) atoms. The van der Waals surface area contributed by atoms with Gasteiger partial charge in [0.25, 0.3) is 5.56 Å². The molecule has 0 fully saturated rings.